The normalized spacial score (nSPS) is 20.4. The van der Waals surface area contributed by atoms with Gasteiger partial charge in [0.15, 0.2) is 17.3 Å². The Morgan fingerprint density at radius 1 is 1.03 bits per heavy atom. The maximum Gasteiger partial charge on any atom is 0.255 e. The minimum Gasteiger partial charge on any atom is -0.453 e. The number of hydrogen-bond donors (Lipinski definition) is 2. The molecule has 4 heterocycles. The molecular formula is C27H35N7O4. The Morgan fingerprint density at radius 3 is 2.58 bits per heavy atom. The summed E-state index contributed by atoms with van der Waals surface area (Å²) in [4.78, 5) is 41.3. The van der Waals surface area contributed by atoms with Crippen LogP contribution in [0.2, 0.25) is 0 Å². The van der Waals surface area contributed by atoms with Crippen molar-refractivity contribution in [3.8, 4) is 11.5 Å². The number of rotatable bonds is 5. The maximum atomic E-state index is 13.1. The number of likely N-dealkylation sites (tertiary alicyclic amines) is 1. The van der Waals surface area contributed by atoms with Crippen LogP contribution in [0.25, 0.3) is 0 Å². The summed E-state index contributed by atoms with van der Waals surface area (Å²) in [6.45, 7) is 2.61. The maximum absolute atomic E-state index is 13.1. The van der Waals surface area contributed by atoms with E-state index in [1.54, 1.807) is 30.3 Å². The molecule has 11 nitrogen and oxygen atoms in total. The van der Waals surface area contributed by atoms with Crippen molar-refractivity contribution >= 4 is 35.0 Å². The van der Waals surface area contributed by atoms with Crippen LogP contribution in [0.1, 0.15) is 55.3 Å². The fourth-order valence-electron chi connectivity index (χ4n) is 5.88. The van der Waals surface area contributed by atoms with E-state index in [4.69, 9.17) is 14.5 Å². The van der Waals surface area contributed by atoms with Gasteiger partial charge in [0, 0.05) is 32.1 Å². The highest BCUT2D eigenvalue weighted by Gasteiger charge is 2.32. The molecule has 2 aromatic rings. The lowest BCUT2D eigenvalue weighted by Gasteiger charge is -2.30. The SMILES string of the molecule is CN1CCC(NC(=O)c2ccc(Nc3ncc4c(n3)N(C3CCCC3)CCC(=O)N4C)c3c2OCO3)CC1. The van der Waals surface area contributed by atoms with E-state index in [0.29, 0.717) is 47.7 Å². The molecule has 1 aromatic heterocycles. The van der Waals surface area contributed by atoms with Crippen LogP contribution in [-0.4, -0.2) is 79.3 Å². The molecule has 202 valence electrons. The number of nitrogens with one attached hydrogen (secondary N) is 2. The first-order chi connectivity index (χ1) is 18.5. The molecule has 1 saturated heterocycles. The lowest BCUT2D eigenvalue weighted by Crippen LogP contribution is -2.43. The smallest absolute Gasteiger partial charge is 0.255 e. The van der Waals surface area contributed by atoms with Gasteiger partial charge in [0.2, 0.25) is 18.6 Å². The zero-order chi connectivity index (χ0) is 26.2. The fourth-order valence-corrected chi connectivity index (χ4v) is 5.88. The summed E-state index contributed by atoms with van der Waals surface area (Å²) in [6.07, 6.45) is 8.59. The number of piperidine rings is 1. The van der Waals surface area contributed by atoms with E-state index >= 15 is 0 Å². The third-order valence-electron chi connectivity index (χ3n) is 8.15. The van der Waals surface area contributed by atoms with Gasteiger partial charge >= 0.3 is 0 Å². The molecule has 1 aliphatic carbocycles. The third-order valence-corrected chi connectivity index (χ3v) is 8.15. The zero-order valence-corrected chi connectivity index (χ0v) is 22.0. The van der Waals surface area contributed by atoms with Gasteiger partial charge in [0.25, 0.3) is 5.91 Å². The van der Waals surface area contributed by atoms with Gasteiger partial charge in [-0.1, -0.05) is 12.8 Å². The number of benzene rings is 1. The van der Waals surface area contributed by atoms with Crippen LogP contribution in [0.3, 0.4) is 0 Å². The fraction of sp³-hybridized carbons (Fsp3) is 0.556. The average Bonchev–Trinajstić information content (AvgIpc) is 3.61. The Hall–Kier alpha value is -3.60. The number of carbonyl (C=O) groups excluding carboxylic acids is 2. The monoisotopic (exact) mass is 521 g/mol. The number of hydrogen-bond acceptors (Lipinski definition) is 9. The van der Waals surface area contributed by atoms with Gasteiger partial charge in [0.05, 0.1) is 17.4 Å². The molecule has 11 heteroatoms. The Bertz CT molecular complexity index is 1220. The van der Waals surface area contributed by atoms with Gasteiger partial charge in [-0.25, -0.2) is 4.98 Å². The van der Waals surface area contributed by atoms with Gasteiger partial charge in [-0.15, -0.1) is 0 Å². The number of fused-ring (bicyclic) bond motifs is 2. The molecule has 3 aliphatic heterocycles. The van der Waals surface area contributed by atoms with Crippen molar-refractivity contribution in [2.24, 2.45) is 0 Å². The Balaban J connectivity index is 1.25. The summed E-state index contributed by atoms with van der Waals surface area (Å²) in [5.41, 5.74) is 1.80. The van der Waals surface area contributed by atoms with Gasteiger partial charge < -0.3 is 34.8 Å². The number of aromatic nitrogens is 2. The second kappa shape index (κ2) is 10.3. The number of carbonyl (C=O) groups is 2. The van der Waals surface area contributed by atoms with E-state index in [9.17, 15) is 9.59 Å². The summed E-state index contributed by atoms with van der Waals surface area (Å²) >= 11 is 0. The van der Waals surface area contributed by atoms with Crippen molar-refractivity contribution < 1.29 is 19.1 Å². The molecule has 38 heavy (non-hydrogen) atoms. The van der Waals surface area contributed by atoms with Crippen LogP contribution >= 0.6 is 0 Å². The molecule has 2 N–H and O–H groups in total. The molecule has 4 aliphatic rings. The molecule has 0 atom stereocenters. The van der Waals surface area contributed by atoms with Crippen LogP contribution in [0.4, 0.5) is 23.1 Å². The van der Waals surface area contributed by atoms with Crippen molar-refractivity contribution in [2.75, 3.05) is 55.6 Å². The number of amides is 2. The minimum atomic E-state index is -0.158. The summed E-state index contributed by atoms with van der Waals surface area (Å²) in [5, 5.41) is 6.42. The largest absolute Gasteiger partial charge is 0.453 e. The van der Waals surface area contributed by atoms with E-state index in [1.807, 2.05) is 0 Å². The summed E-state index contributed by atoms with van der Waals surface area (Å²) < 4.78 is 11.5. The van der Waals surface area contributed by atoms with Gasteiger partial charge in [-0.2, -0.15) is 4.98 Å². The lowest BCUT2D eigenvalue weighted by molar-refractivity contribution is -0.118. The first-order valence-electron chi connectivity index (χ1n) is 13.6. The number of ether oxygens (including phenoxy) is 2. The Labute approximate surface area is 222 Å². The van der Waals surface area contributed by atoms with Gasteiger partial charge in [-0.3, -0.25) is 9.59 Å². The standard InChI is InChI=1S/C27H35N7O4/c1-32-12-9-17(10-13-32)29-26(36)19-7-8-20(24-23(19)37-16-38-24)30-27-28-15-21-25(31-27)34(18-5-3-4-6-18)14-11-22(35)33(21)2/h7-8,15,17-18H,3-6,9-14,16H2,1-2H3,(H,29,36)(H,28,30,31). The van der Waals surface area contributed by atoms with Crippen molar-refractivity contribution in [3.05, 3.63) is 23.9 Å². The molecule has 1 saturated carbocycles. The molecule has 1 aromatic carbocycles. The van der Waals surface area contributed by atoms with E-state index in [0.717, 1.165) is 50.3 Å². The number of nitrogens with zero attached hydrogens (tertiary/aromatic N) is 5. The van der Waals surface area contributed by atoms with Gasteiger partial charge in [0.1, 0.15) is 5.69 Å². The molecule has 0 radical (unpaired) electrons. The highest BCUT2D eigenvalue weighted by Crippen LogP contribution is 2.43. The molecular weight excluding hydrogens is 486 g/mol. The Kier molecular flexibility index (Phi) is 6.69. The first kappa shape index (κ1) is 24.7. The minimum absolute atomic E-state index is 0.0376. The van der Waals surface area contributed by atoms with Crippen LogP contribution in [-0.2, 0) is 4.79 Å². The first-order valence-corrected chi connectivity index (χ1v) is 13.6. The highest BCUT2D eigenvalue weighted by molar-refractivity contribution is 6.00. The van der Waals surface area contributed by atoms with Crippen molar-refractivity contribution in [1.29, 1.82) is 0 Å². The molecule has 0 bridgehead atoms. The molecule has 0 unspecified atom stereocenters. The predicted molar refractivity (Wildman–Crippen MR) is 143 cm³/mol. The van der Waals surface area contributed by atoms with Crippen LogP contribution < -0.4 is 29.9 Å². The predicted octanol–water partition coefficient (Wildman–Crippen LogP) is 2.89. The summed E-state index contributed by atoms with van der Waals surface area (Å²) in [7, 11) is 3.88. The van der Waals surface area contributed by atoms with Crippen molar-refractivity contribution in [1.82, 2.24) is 20.2 Å². The molecule has 2 amide bonds. The van der Waals surface area contributed by atoms with E-state index < -0.39 is 0 Å². The van der Waals surface area contributed by atoms with E-state index in [1.165, 1.54) is 12.8 Å². The summed E-state index contributed by atoms with van der Waals surface area (Å²) in [6, 6.07) is 4.08. The second-order valence-electron chi connectivity index (χ2n) is 10.6. The van der Waals surface area contributed by atoms with Crippen LogP contribution in [0, 0.1) is 0 Å². The highest BCUT2D eigenvalue weighted by atomic mass is 16.7. The third kappa shape index (κ3) is 4.70. The average molecular weight is 522 g/mol. The lowest BCUT2D eigenvalue weighted by atomic mass is 10.0. The van der Waals surface area contributed by atoms with E-state index in [2.05, 4.69) is 32.5 Å². The van der Waals surface area contributed by atoms with Crippen molar-refractivity contribution in [2.45, 2.75) is 57.0 Å². The van der Waals surface area contributed by atoms with E-state index in [-0.39, 0.29) is 24.6 Å². The zero-order valence-electron chi connectivity index (χ0n) is 22.0. The number of anilines is 4. The van der Waals surface area contributed by atoms with Crippen LogP contribution in [0.15, 0.2) is 18.3 Å². The molecule has 6 rings (SSSR count). The summed E-state index contributed by atoms with van der Waals surface area (Å²) in [5.74, 6) is 1.97. The topological polar surface area (TPSA) is 112 Å². The Morgan fingerprint density at radius 2 is 1.79 bits per heavy atom. The second-order valence-corrected chi connectivity index (χ2v) is 10.6. The van der Waals surface area contributed by atoms with Gasteiger partial charge in [-0.05, 0) is 58.0 Å². The molecule has 0 spiro atoms. The van der Waals surface area contributed by atoms with Crippen LogP contribution in [0.5, 0.6) is 11.5 Å². The quantitative estimate of drug-likeness (QED) is 0.613. The van der Waals surface area contributed by atoms with Crippen molar-refractivity contribution in [3.63, 3.8) is 0 Å². The molecule has 2 fully saturated rings.